The predicted octanol–water partition coefficient (Wildman–Crippen LogP) is 1.35. The Bertz CT molecular complexity index is 177. The van der Waals surface area contributed by atoms with Gasteiger partial charge in [-0.1, -0.05) is 6.08 Å². The lowest BCUT2D eigenvalue weighted by atomic mass is 10.0. The second kappa shape index (κ2) is 2.49. The van der Waals surface area contributed by atoms with Crippen LogP contribution in [0.1, 0.15) is 12.8 Å². The molecule has 0 aromatic rings. The van der Waals surface area contributed by atoms with Gasteiger partial charge in [0.05, 0.1) is 6.26 Å². The van der Waals surface area contributed by atoms with Crippen molar-refractivity contribution in [2.45, 2.75) is 12.8 Å². The number of aliphatic hydroxyl groups excluding tert-OH is 1. The van der Waals surface area contributed by atoms with E-state index in [0.29, 0.717) is 12.0 Å². The van der Waals surface area contributed by atoms with Crippen molar-refractivity contribution in [2.75, 3.05) is 0 Å². The fourth-order valence-electron chi connectivity index (χ4n) is 0.788. The van der Waals surface area contributed by atoms with E-state index in [-0.39, 0.29) is 5.78 Å². The minimum Gasteiger partial charge on any atom is -0.515 e. The summed E-state index contributed by atoms with van der Waals surface area (Å²) < 4.78 is 0. The molecule has 0 radical (unpaired) electrons. The Labute approximate surface area is 53.5 Å². The first kappa shape index (κ1) is 6.08. The molecule has 0 amide bonds. The van der Waals surface area contributed by atoms with Crippen molar-refractivity contribution >= 4 is 5.78 Å². The van der Waals surface area contributed by atoms with Gasteiger partial charge >= 0.3 is 0 Å². The fraction of sp³-hybridized carbons (Fsp3) is 0.286. The monoisotopic (exact) mass is 124 g/mol. The van der Waals surface area contributed by atoms with Crippen LogP contribution >= 0.6 is 0 Å². The molecule has 0 fully saturated rings. The van der Waals surface area contributed by atoms with Crippen LogP contribution in [0, 0.1) is 0 Å². The van der Waals surface area contributed by atoms with Crippen molar-refractivity contribution in [3.05, 3.63) is 24.0 Å². The summed E-state index contributed by atoms with van der Waals surface area (Å²) in [6, 6.07) is 0. The summed E-state index contributed by atoms with van der Waals surface area (Å²) in [5.41, 5.74) is 0.512. The van der Waals surface area contributed by atoms with Gasteiger partial charge in [0.1, 0.15) is 0 Å². The van der Waals surface area contributed by atoms with Crippen molar-refractivity contribution in [3.63, 3.8) is 0 Å². The van der Waals surface area contributed by atoms with Crippen LogP contribution in [-0.2, 0) is 4.79 Å². The Hall–Kier alpha value is -1.05. The highest BCUT2D eigenvalue weighted by Gasteiger charge is 2.08. The second-order valence-corrected chi connectivity index (χ2v) is 1.96. The van der Waals surface area contributed by atoms with Crippen molar-refractivity contribution in [3.8, 4) is 0 Å². The molecular weight excluding hydrogens is 116 g/mol. The second-order valence-electron chi connectivity index (χ2n) is 1.96. The summed E-state index contributed by atoms with van der Waals surface area (Å²) in [7, 11) is 0. The Kier molecular flexibility index (Phi) is 1.68. The Morgan fingerprint density at radius 2 is 2.44 bits per heavy atom. The highest BCUT2D eigenvalue weighted by atomic mass is 16.2. The lowest BCUT2D eigenvalue weighted by molar-refractivity contribution is -0.111. The van der Waals surface area contributed by atoms with Gasteiger partial charge < -0.3 is 5.11 Å². The van der Waals surface area contributed by atoms with Crippen LogP contribution in [0.15, 0.2) is 24.0 Å². The molecule has 0 spiro atoms. The number of ketones is 1. The molecule has 0 saturated carbocycles. The molecule has 0 heterocycles. The van der Waals surface area contributed by atoms with Crippen molar-refractivity contribution in [1.29, 1.82) is 0 Å². The third kappa shape index (κ3) is 1.19. The largest absolute Gasteiger partial charge is 0.515 e. The first-order valence-electron chi connectivity index (χ1n) is 2.88. The van der Waals surface area contributed by atoms with E-state index in [1.807, 2.05) is 6.08 Å². The maximum Gasteiger partial charge on any atom is 0.184 e. The van der Waals surface area contributed by atoms with Crippen molar-refractivity contribution in [1.82, 2.24) is 0 Å². The minimum absolute atomic E-state index is 0.0660. The quantitative estimate of drug-likeness (QED) is 0.391. The summed E-state index contributed by atoms with van der Waals surface area (Å²) in [6.45, 7) is 0. The first-order chi connectivity index (χ1) is 4.34. The zero-order chi connectivity index (χ0) is 6.69. The first-order valence-corrected chi connectivity index (χ1v) is 2.88. The van der Waals surface area contributed by atoms with E-state index in [2.05, 4.69) is 0 Å². The molecule has 0 atom stereocenters. The summed E-state index contributed by atoms with van der Waals surface area (Å²) in [5.74, 6) is -0.0660. The Morgan fingerprint density at radius 3 is 2.89 bits per heavy atom. The van der Waals surface area contributed by atoms with Crippen LogP contribution in [0.2, 0.25) is 0 Å². The lowest BCUT2D eigenvalue weighted by Crippen LogP contribution is -2.02. The number of carbonyl (C=O) groups is 1. The van der Waals surface area contributed by atoms with Gasteiger partial charge in [-0.15, -0.1) is 0 Å². The molecule has 0 saturated heterocycles. The molecule has 0 aliphatic heterocycles. The van der Waals surface area contributed by atoms with Crippen LogP contribution in [0.3, 0.4) is 0 Å². The van der Waals surface area contributed by atoms with E-state index < -0.39 is 0 Å². The van der Waals surface area contributed by atoms with Crippen LogP contribution in [0.4, 0.5) is 0 Å². The summed E-state index contributed by atoms with van der Waals surface area (Å²) >= 11 is 0. The van der Waals surface area contributed by atoms with E-state index in [0.717, 1.165) is 12.7 Å². The molecule has 9 heavy (non-hydrogen) atoms. The molecule has 0 bridgehead atoms. The number of allylic oxidation sites excluding steroid dienone is 3. The van der Waals surface area contributed by atoms with Crippen LogP contribution < -0.4 is 0 Å². The van der Waals surface area contributed by atoms with Gasteiger partial charge in [-0.2, -0.15) is 0 Å². The van der Waals surface area contributed by atoms with Crippen molar-refractivity contribution < 1.29 is 9.90 Å². The highest BCUT2D eigenvalue weighted by molar-refractivity contribution is 6.04. The zero-order valence-corrected chi connectivity index (χ0v) is 5.00. The molecule has 0 aromatic carbocycles. The van der Waals surface area contributed by atoms with E-state index in [9.17, 15) is 4.79 Å². The standard InChI is InChI=1S/C7H8O2/c8-5-6-3-1-2-4-7(6)9/h2,4-5,8H,1,3H2. The third-order valence-corrected chi connectivity index (χ3v) is 1.32. The predicted molar refractivity (Wildman–Crippen MR) is 34.1 cm³/mol. The third-order valence-electron chi connectivity index (χ3n) is 1.32. The van der Waals surface area contributed by atoms with Crippen LogP contribution in [0.5, 0.6) is 0 Å². The number of aliphatic hydroxyl groups is 1. The van der Waals surface area contributed by atoms with Gasteiger partial charge in [-0.25, -0.2) is 0 Å². The molecule has 0 aromatic heterocycles. The van der Waals surface area contributed by atoms with E-state index in [1.54, 1.807) is 0 Å². The van der Waals surface area contributed by atoms with Gasteiger partial charge in [0.2, 0.25) is 0 Å². The zero-order valence-electron chi connectivity index (χ0n) is 5.00. The van der Waals surface area contributed by atoms with E-state index in [4.69, 9.17) is 5.11 Å². The Morgan fingerprint density at radius 1 is 1.67 bits per heavy atom. The van der Waals surface area contributed by atoms with Crippen molar-refractivity contribution in [2.24, 2.45) is 0 Å². The lowest BCUT2D eigenvalue weighted by Gasteiger charge is -2.03. The molecule has 1 rings (SSSR count). The molecule has 48 valence electrons. The van der Waals surface area contributed by atoms with Gasteiger partial charge in [0.25, 0.3) is 0 Å². The van der Waals surface area contributed by atoms with Gasteiger partial charge in [0.15, 0.2) is 5.78 Å². The molecule has 0 unspecified atom stereocenters. The highest BCUT2D eigenvalue weighted by Crippen LogP contribution is 2.12. The number of hydrogen-bond acceptors (Lipinski definition) is 2. The smallest absolute Gasteiger partial charge is 0.184 e. The fourth-order valence-corrected chi connectivity index (χ4v) is 0.788. The van der Waals surface area contributed by atoms with Gasteiger partial charge in [-0.05, 0) is 18.9 Å². The molecule has 2 nitrogen and oxygen atoms in total. The molecule has 1 aliphatic carbocycles. The van der Waals surface area contributed by atoms with E-state index >= 15 is 0 Å². The summed E-state index contributed by atoms with van der Waals surface area (Å²) in [5, 5.41) is 8.44. The number of hydrogen-bond donors (Lipinski definition) is 1. The SMILES string of the molecule is O=C1C=CCCC1=CO. The van der Waals surface area contributed by atoms with Gasteiger partial charge in [-0.3, -0.25) is 4.79 Å². The number of carbonyl (C=O) groups excluding carboxylic acids is 1. The normalized spacial score (nSPS) is 23.1. The maximum absolute atomic E-state index is 10.7. The number of rotatable bonds is 0. The minimum atomic E-state index is -0.0660. The van der Waals surface area contributed by atoms with E-state index in [1.165, 1.54) is 6.08 Å². The van der Waals surface area contributed by atoms with Crippen LogP contribution in [-0.4, -0.2) is 10.9 Å². The topological polar surface area (TPSA) is 37.3 Å². The van der Waals surface area contributed by atoms with Crippen LogP contribution in [0.25, 0.3) is 0 Å². The Balaban J connectivity index is 2.78. The molecule has 1 N–H and O–H groups in total. The molecular formula is C7H8O2. The van der Waals surface area contributed by atoms with Gasteiger partial charge in [0, 0.05) is 5.57 Å². The summed E-state index contributed by atoms with van der Waals surface area (Å²) in [4.78, 5) is 10.7. The maximum atomic E-state index is 10.7. The molecule has 1 aliphatic rings. The molecule has 2 heteroatoms. The average molecular weight is 124 g/mol. The summed E-state index contributed by atoms with van der Waals surface area (Å²) in [6.07, 6.45) is 5.73. The average Bonchev–Trinajstić information content (AvgIpc) is 1.89.